The van der Waals surface area contributed by atoms with Gasteiger partial charge in [0, 0.05) is 38.4 Å². The van der Waals surface area contributed by atoms with Crippen LogP contribution in [0.15, 0.2) is 42.5 Å². The Morgan fingerprint density at radius 1 is 1.06 bits per heavy atom. The largest absolute Gasteiger partial charge is 0.480 e. The van der Waals surface area contributed by atoms with E-state index in [1.807, 2.05) is 40.1 Å². The molecular formula is C27H34N4O3. The van der Waals surface area contributed by atoms with Crippen molar-refractivity contribution >= 4 is 17.7 Å². The number of nitrogens with zero attached hydrogens (tertiary/aromatic N) is 3. The number of hydrogen-bond donors (Lipinski definition) is 2. The topological polar surface area (TPSA) is 85.8 Å². The molecule has 3 aliphatic rings. The number of carboxylic acids is 1. The molecule has 0 unspecified atom stereocenters. The molecule has 180 valence electrons. The van der Waals surface area contributed by atoms with E-state index in [1.54, 1.807) is 0 Å². The highest BCUT2D eigenvalue weighted by atomic mass is 16.4. The fourth-order valence-electron chi connectivity index (χ4n) is 5.76. The molecule has 2 aromatic rings. The first-order chi connectivity index (χ1) is 16.6. The summed E-state index contributed by atoms with van der Waals surface area (Å²) in [5, 5.41) is 13.2. The van der Waals surface area contributed by atoms with Crippen LogP contribution in [0.3, 0.4) is 0 Å². The molecule has 2 fully saturated rings. The Labute approximate surface area is 201 Å². The summed E-state index contributed by atoms with van der Waals surface area (Å²) in [5.41, 5.74) is 3.23. The van der Waals surface area contributed by atoms with Gasteiger partial charge in [0.05, 0.1) is 5.92 Å². The molecule has 2 N–H and O–H groups in total. The van der Waals surface area contributed by atoms with Gasteiger partial charge in [0.2, 0.25) is 5.91 Å². The van der Waals surface area contributed by atoms with Crippen molar-refractivity contribution in [1.29, 1.82) is 0 Å². The van der Waals surface area contributed by atoms with E-state index < -0.39 is 12.0 Å². The number of aliphatic carboxylic acids is 1. The van der Waals surface area contributed by atoms with Crippen LogP contribution in [0, 0.1) is 11.8 Å². The van der Waals surface area contributed by atoms with Crippen molar-refractivity contribution in [3.63, 3.8) is 0 Å². The van der Waals surface area contributed by atoms with E-state index in [4.69, 9.17) is 4.98 Å². The minimum atomic E-state index is -0.855. The minimum absolute atomic E-state index is 0.115. The van der Waals surface area contributed by atoms with Gasteiger partial charge in [0.15, 0.2) is 0 Å². The number of hydrogen-bond acceptors (Lipinski definition) is 5. The normalized spacial score (nSPS) is 22.1. The molecule has 4 heterocycles. The predicted molar refractivity (Wildman–Crippen MR) is 131 cm³/mol. The molecule has 1 aromatic heterocycles. The van der Waals surface area contributed by atoms with Gasteiger partial charge in [-0.05, 0) is 61.6 Å². The number of nitrogens with one attached hydrogen (secondary N) is 1. The van der Waals surface area contributed by atoms with E-state index in [9.17, 15) is 14.7 Å². The average Bonchev–Trinajstić information content (AvgIpc) is 3.34. The van der Waals surface area contributed by atoms with Crippen LogP contribution in [-0.2, 0) is 22.4 Å². The van der Waals surface area contributed by atoms with E-state index in [0.717, 1.165) is 68.8 Å². The number of aromatic nitrogens is 1. The molecule has 2 saturated heterocycles. The molecule has 7 heteroatoms. The number of benzene rings is 1. The van der Waals surface area contributed by atoms with Gasteiger partial charge in [-0.25, -0.2) is 4.98 Å². The highest BCUT2D eigenvalue weighted by molar-refractivity contribution is 5.80. The molecule has 7 nitrogen and oxygen atoms in total. The third-order valence-corrected chi connectivity index (χ3v) is 7.66. The zero-order chi connectivity index (χ0) is 23.5. The van der Waals surface area contributed by atoms with Gasteiger partial charge in [0.1, 0.15) is 11.9 Å². The zero-order valence-corrected chi connectivity index (χ0v) is 19.7. The first-order valence-corrected chi connectivity index (χ1v) is 12.6. The van der Waals surface area contributed by atoms with Crippen molar-refractivity contribution in [2.45, 2.75) is 44.6 Å². The lowest BCUT2D eigenvalue weighted by atomic mass is 9.91. The number of amides is 1. The van der Waals surface area contributed by atoms with Crippen LogP contribution in [0.1, 0.15) is 48.5 Å². The maximum Gasteiger partial charge on any atom is 0.325 e. The van der Waals surface area contributed by atoms with E-state index in [-0.39, 0.29) is 11.8 Å². The molecule has 2 atom stereocenters. The molecule has 0 spiro atoms. The summed E-state index contributed by atoms with van der Waals surface area (Å²) in [4.78, 5) is 34.0. The monoisotopic (exact) mass is 462 g/mol. The maximum absolute atomic E-state index is 13.2. The number of anilines is 1. The zero-order valence-electron chi connectivity index (χ0n) is 19.7. The van der Waals surface area contributed by atoms with Crippen LogP contribution in [-0.4, -0.2) is 64.5 Å². The maximum atomic E-state index is 13.2. The summed E-state index contributed by atoms with van der Waals surface area (Å²) >= 11 is 0. The molecule has 5 rings (SSSR count). The van der Waals surface area contributed by atoms with Crippen LogP contribution in [0.25, 0.3) is 0 Å². The lowest BCUT2D eigenvalue weighted by Crippen LogP contribution is -2.43. The fourth-order valence-corrected chi connectivity index (χ4v) is 5.76. The standard InChI is InChI=1S/C27H34N4O3/c32-26(22-12-16-31(18-22)24(27(33)34)20-5-2-1-3-6-20)30-14-10-19(11-15-30)17-23-9-8-21-7-4-13-28-25(21)29-23/h1-3,5-6,8-9,19,22,24H,4,7,10-18H2,(H,28,29)(H,33,34)/t22-,24+/m1/s1. The summed E-state index contributed by atoms with van der Waals surface area (Å²) in [7, 11) is 0. The summed E-state index contributed by atoms with van der Waals surface area (Å²) in [6, 6.07) is 13.0. The third-order valence-electron chi connectivity index (χ3n) is 7.66. The van der Waals surface area contributed by atoms with Crippen molar-refractivity contribution in [2.24, 2.45) is 11.8 Å². The number of pyridine rings is 1. The van der Waals surface area contributed by atoms with E-state index in [0.29, 0.717) is 19.0 Å². The number of carbonyl (C=O) groups is 2. The SMILES string of the molecule is O=C(O)[C@H](c1ccccc1)N1CC[C@@H](C(=O)N2CCC(Cc3ccc4c(n3)NCCC4)CC2)C1. The number of aryl methyl sites for hydroxylation is 1. The average molecular weight is 463 g/mol. The first kappa shape index (κ1) is 22.8. The molecule has 1 aromatic carbocycles. The quantitative estimate of drug-likeness (QED) is 0.685. The van der Waals surface area contributed by atoms with E-state index in [1.165, 1.54) is 12.0 Å². The van der Waals surface area contributed by atoms with E-state index >= 15 is 0 Å². The summed E-state index contributed by atoms with van der Waals surface area (Å²) in [5.74, 6) is 0.820. The van der Waals surface area contributed by atoms with Gasteiger partial charge in [-0.1, -0.05) is 36.4 Å². The summed E-state index contributed by atoms with van der Waals surface area (Å²) < 4.78 is 0. The second kappa shape index (κ2) is 10.1. The van der Waals surface area contributed by atoms with Crippen molar-refractivity contribution in [2.75, 3.05) is 38.0 Å². The third kappa shape index (κ3) is 4.94. The van der Waals surface area contributed by atoms with Gasteiger partial charge >= 0.3 is 5.97 Å². The van der Waals surface area contributed by atoms with Gasteiger partial charge < -0.3 is 15.3 Å². The minimum Gasteiger partial charge on any atom is -0.480 e. The van der Waals surface area contributed by atoms with Gasteiger partial charge in [-0.2, -0.15) is 0 Å². The van der Waals surface area contributed by atoms with Crippen LogP contribution in [0.5, 0.6) is 0 Å². The Balaban J connectivity index is 1.14. The highest BCUT2D eigenvalue weighted by Crippen LogP contribution is 2.31. The molecule has 0 radical (unpaired) electrons. The Kier molecular flexibility index (Phi) is 6.81. The van der Waals surface area contributed by atoms with Crippen molar-refractivity contribution < 1.29 is 14.7 Å². The van der Waals surface area contributed by atoms with Gasteiger partial charge in [-0.15, -0.1) is 0 Å². The van der Waals surface area contributed by atoms with Crippen molar-refractivity contribution in [1.82, 2.24) is 14.8 Å². The van der Waals surface area contributed by atoms with Crippen LogP contribution < -0.4 is 5.32 Å². The van der Waals surface area contributed by atoms with Crippen LogP contribution in [0.2, 0.25) is 0 Å². The van der Waals surface area contributed by atoms with Gasteiger partial charge in [-0.3, -0.25) is 14.5 Å². The number of fused-ring (bicyclic) bond motifs is 1. The second-order valence-corrected chi connectivity index (χ2v) is 9.95. The summed E-state index contributed by atoms with van der Waals surface area (Å²) in [6.45, 7) is 3.71. The summed E-state index contributed by atoms with van der Waals surface area (Å²) in [6.07, 6.45) is 5.95. The molecule has 0 saturated carbocycles. The second-order valence-electron chi connectivity index (χ2n) is 9.95. The number of rotatable bonds is 6. The van der Waals surface area contributed by atoms with Crippen molar-refractivity contribution in [3.8, 4) is 0 Å². The molecular weight excluding hydrogens is 428 g/mol. The number of carbonyl (C=O) groups excluding carboxylic acids is 1. The van der Waals surface area contributed by atoms with E-state index in [2.05, 4.69) is 17.4 Å². The van der Waals surface area contributed by atoms with Crippen LogP contribution >= 0.6 is 0 Å². The Bertz CT molecular complexity index is 1020. The molecule has 0 aliphatic carbocycles. The molecule has 1 amide bonds. The smallest absolute Gasteiger partial charge is 0.325 e. The van der Waals surface area contributed by atoms with Crippen LogP contribution in [0.4, 0.5) is 5.82 Å². The first-order valence-electron chi connectivity index (χ1n) is 12.6. The predicted octanol–water partition coefficient (Wildman–Crippen LogP) is 3.37. The number of carboxylic acid groups (broad SMARTS) is 1. The molecule has 3 aliphatic heterocycles. The lowest BCUT2D eigenvalue weighted by Gasteiger charge is -2.34. The fraction of sp³-hybridized carbons (Fsp3) is 0.519. The molecule has 0 bridgehead atoms. The van der Waals surface area contributed by atoms with Crippen molar-refractivity contribution in [3.05, 3.63) is 59.3 Å². The number of likely N-dealkylation sites (tertiary alicyclic amines) is 2. The Morgan fingerprint density at radius 2 is 1.85 bits per heavy atom. The Morgan fingerprint density at radius 3 is 2.62 bits per heavy atom. The molecule has 34 heavy (non-hydrogen) atoms. The van der Waals surface area contributed by atoms with Gasteiger partial charge in [0.25, 0.3) is 0 Å². The Hall–Kier alpha value is -2.93. The highest BCUT2D eigenvalue weighted by Gasteiger charge is 2.38. The lowest BCUT2D eigenvalue weighted by molar-refractivity contribution is -0.144. The number of piperidine rings is 1.